The van der Waals surface area contributed by atoms with E-state index in [2.05, 4.69) is 26.0 Å². The van der Waals surface area contributed by atoms with Gasteiger partial charge in [0.2, 0.25) is 5.91 Å². The van der Waals surface area contributed by atoms with Crippen LogP contribution in [0.2, 0.25) is 0 Å². The normalized spacial score (nSPS) is 10.0. The summed E-state index contributed by atoms with van der Waals surface area (Å²) in [5.74, 6) is -0.520. The zero-order valence-electron chi connectivity index (χ0n) is 11.4. The maximum atomic E-state index is 12.0. The fourth-order valence-corrected chi connectivity index (χ4v) is 2.25. The topological polar surface area (TPSA) is 55.4 Å². The van der Waals surface area contributed by atoms with Gasteiger partial charge in [0.1, 0.15) is 0 Å². The van der Waals surface area contributed by atoms with Gasteiger partial charge in [0.15, 0.2) is 0 Å². The van der Waals surface area contributed by atoms with Gasteiger partial charge < -0.3 is 10.1 Å². The molecule has 1 N–H and O–H groups in total. The number of esters is 1. The number of amides is 1. The molecule has 0 unspecified atom stereocenters. The maximum Gasteiger partial charge on any atom is 0.337 e. The minimum atomic E-state index is -0.402. The molecule has 0 aromatic heterocycles. The lowest BCUT2D eigenvalue weighted by Crippen LogP contribution is -2.14. The van der Waals surface area contributed by atoms with E-state index in [0.717, 1.165) is 10.0 Å². The summed E-state index contributed by atoms with van der Waals surface area (Å²) in [7, 11) is 1.33. The first-order chi connectivity index (χ1) is 10.1. The number of nitrogens with one attached hydrogen (secondary N) is 1. The Morgan fingerprint density at radius 3 is 2.38 bits per heavy atom. The van der Waals surface area contributed by atoms with Crippen molar-refractivity contribution < 1.29 is 14.3 Å². The van der Waals surface area contributed by atoms with Gasteiger partial charge in [-0.1, -0.05) is 34.1 Å². The van der Waals surface area contributed by atoms with Crippen molar-refractivity contribution in [3.8, 4) is 0 Å². The summed E-state index contributed by atoms with van der Waals surface area (Å²) in [6.45, 7) is 0. The molecule has 0 saturated heterocycles. The molecular formula is C16H14BrNO3. The fourth-order valence-electron chi connectivity index (χ4n) is 1.83. The molecule has 2 aromatic rings. The van der Waals surface area contributed by atoms with E-state index in [4.69, 9.17) is 0 Å². The van der Waals surface area contributed by atoms with Crippen molar-refractivity contribution in [3.63, 3.8) is 0 Å². The lowest BCUT2D eigenvalue weighted by atomic mass is 10.1. The summed E-state index contributed by atoms with van der Waals surface area (Å²) < 4.78 is 5.52. The lowest BCUT2D eigenvalue weighted by molar-refractivity contribution is -0.115. The van der Waals surface area contributed by atoms with Crippen LogP contribution in [0.3, 0.4) is 0 Å². The summed E-state index contributed by atoms with van der Waals surface area (Å²) in [4.78, 5) is 23.3. The average Bonchev–Trinajstić information content (AvgIpc) is 2.49. The third-order valence-electron chi connectivity index (χ3n) is 2.90. The van der Waals surface area contributed by atoms with Crippen molar-refractivity contribution >= 4 is 33.5 Å². The smallest absolute Gasteiger partial charge is 0.337 e. The molecule has 0 radical (unpaired) electrons. The number of benzene rings is 2. The summed E-state index contributed by atoms with van der Waals surface area (Å²) >= 11 is 3.41. The molecule has 2 aromatic carbocycles. The van der Waals surface area contributed by atoms with Crippen LogP contribution >= 0.6 is 15.9 Å². The lowest BCUT2D eigenvalue weighted by Gasteiger charge is -2.07. The van der Waals surface area contributed by atoms with Crippen molar-refractivity contribution in [2.24, 2.45) is 0 Å². The number of ether oxygens (including phenoxy) is 1. The molecule has 0 fully saturated rings. The van der Waals surface area contributed by atoms with E-state index in [1.807, 2.05) is 24.3 Å². The fraction of sp³-hybridized carbons (Fsp3) is 0.125. The van der Waals surface area contributed by atoms with E-state index in [0.29, 0.717) is 11.3 Å². The molecule has 0 spiro atoms. The molecule has 0 aliphatic carbocycles. The van der Waals surface area contributed by atoms with Crippen LogP contribution < -0.4 is 5.32 Å². The first-order valence-electron chi connectivity index (χ1n) is 6.32. The van der Waals surface area contributed by atoms with Gasteiger partial charge in [-0.25, -0.2) is 4.79 Å². The number of hydrogen-bond donors (Lipinski definition) is 1. The molecule has 0 bridgehead atoms. The van der Waals surface area contributed by atoms with Gasteiger partial charge in [0.05, 0.1) is 19.1 Å². The quantitative estimate of drug-likeness (QED) is 0.862. The molecule has 0 atom stereocenters. The van der Waals surface area contributed by atoms with Crippen LogP contribution in [-0.2, 0) is 16.0 Å². The predicted octanol–water partition coefficient (Wildman–Crippen LogP) is 3.42. The standard InChI is InChI=1S/C16H14BrNO3/c1-21-16(20)11-6-8-13(9-7-11)18-15(19)10-12-4-2-3-5-14(12)17/h2-9H,10H2,1H3,(H,18,19). The molecule has 4 nitrogen and oxygen atoms in total. The molecule has 0 aliphatic rings. The van der Waals surface area contributed by atoms with Gasteiger partial charge in [-0.2, -0.15) is 0 Å². The summed E-state index contributed by atoms with van der Waals surface area (Å²) in [6, 6.07) is 14.1. The van der Waals surface area contributed by atoms with Gasteiger partial charge in [-0.15, -0.1) is 0 Å². The number of carbonyl (C=O) groups excluding carboxylic acids is 2. The van der Waals surface area contributed by atoms with Gasteiger partial charge in [-0.05, 0) is 35.9 Å². The Kier molecular flexibility index (Phi) is 5.11. The average molecular weight is 348 g/mol. The maximum absolute atomic E-state index is 12.0. The first kappa shape index (κ1) is 15.3. The number of carbonyl (C=O) groups is 2. The van der Waals surface area contributed by atoms with E-state index in [1.54, 1.807) is 24.3 Å². The van der Waals surface area contributed by atoms with E-state index < -0.39 is 5.97 Å². The molecule has 1 amide bonds. The number of methoxy groups -OCH3 is 1. The van der Waals surface area contributed by atoms with E-state index >= 15 is 0 Å². The van der Waals surface area contributed by atoms with Crippen LogP contribution in [0.15, 0.2) is 53.0 Å². The van der Waals surface area contributed by atoms with Crippen LogP contribution in [0.4, 0.5) is 5.69 Å². The van der Waals surface area contributed by atoms with E-state index in [-0.39, 0.29) is 12.3 Å². The van der Waals surface area contributed by atoms with Crippen LogP contribution in [-0.4, -0.2) is 19.0 Å². The van der Waals surface area contributed by atoms with E-state index in [1.165, 1.54) is 7.11 Å². The summed E-state index contributed by atoms with van der Waals surface area (Å²) in [6.07, 6.45) is 0.278. The molecule has 2 rings (SSSR count). The highest BCUT2D eigenvalue weighted by Gasteiger charge is 2.08. The van der Waals surface area contributed by atoms with Crippen LogP contribution in [0, 0.1) is 0 Å². The SMILES string of the molecule is COC(=O)c1ccc(NC(=O)Cc2ccccc2Br)cc1. The Labute approximate surface area is 131 Å². The van der Waals surface area contributed by atoms with Gasteiger partial charge >= 0.3 is 5.97 Å². The Morgan fingerprint density at radius 1 is 1.10 bits per heavy atom. The predicted molar refractivity (Wildman–Crippen MR) is 84.3 cm³/mol. The Balaban J connectivity index is 2.00. The highest BCUT2D eigenvalue weighted by molar-refractivity contribution is 9.10. The van der Waals surface area contributed by atoms with Crippen LogP contribution in [0.5, 0.6) is 0 Å². The number of hydrogen-bond acceptors (Lipinski definition) is 3. The number of anilines is 1. The van der Waals surface area contributed by atoms with Crippen molar-refractivity contribution in [2.45, 2.75) is 6.42 Å². The van der Waals surface area contributed by atoms with Crippen molar-refractivity contribution in [3.05, 3.63) is 64.1 Å². The zero-order chi connectivity index (χ0) is 15.2. The summed E-state index contributed by atoms with van der Waals surface area (Å²) in [5, 5.41) is 2.79. The Hall–Kier alpha value is -2.14. The Bertz CT molecular complexity index is 653. The monoisotopic (exact) mass is 347 g/mol. The molecule has 5 heteroatoms. The summed E-state index contributed by atoms with van der Waals surface area (Å²) in [5.41, 5.74) is 2.00. The molecule has 0 saturated carbocycles. The third kappa shape index (κ3) is 4.16. The van der Waals surface area contributed by atoms with Gasteiger partial charge in [-0.3, -0.25) is 4.79 Å². The zero-order valence-corrected chi connectivity index (χ0v) is 13.0. The van der Waals surface area contributed by atoms with Crippen LogP contribution in [0.1, 0.15) is 15.9 Å². The van der Waals surface area contributed by atoms with Crippen molar-refractivity contribution in [1.29, 1.82) is 0 Å². The largest absolute Gasteiger partial charge is 0.465 e. The molecule has 108 valence electrons. The molecule has 0 aliphatic heterocycles. The van der Waals surface area contributed by atoms with E-state index in [9.17, 15) is 9.59 Å². The third-order valence-corrected chi connectivity index (χ3v) is 3.67. The highest BCUT2D eigenvalue weighted by Crippen LogP contribution is 2.17. The Morgan fingerprint density at radius 2 is 1.76 bits per heavy atom. The second kappa shape index (κ2) is 7.04. The second-order valence-electron chi connectivity index (χ2n) is 4.39. The highest BCUT2D eigenvalue weighted by atomic mass is 79.9. The van der Waals surface area contributed by atoms with Crippen molar-refractivity contribution in [2.75, 3.05) is 12.4 Å². The second-order valence-corrected chi connectivity index (χ2v) is 5.24. The van der Waals surface area contributed by atoms with Gasteiger partial charge in [0, 0.05) is 10.2 Å². The number of rotatable bonds is 4. The minimum Gasteiger partial charge on any atom is -0.465 e. The van der Waals surface area contributed by atoms with Gasteiger partial charge in [0.25, 0.3) is 0 Å². The van der Waals surface area contributed by atoms with Crippen molar-refractivity contribution in [1.82, 2.24) is 0 Å². The first-order valence-corrected chi connectivity index (χ1v) is 7.11. The molecule has 0 heterocycles. The molecular weight excluding hydrogens is 334 g/mol. The van der Waals surface area contributed by atoms with Crippen LogP contribution in [0.25, 0.3) is 0 Å². The molecule has 21 heavy (non-hydrogen) atoms. The number of halogens is 1. The minimum absolute atomic E-state index is 0.118.